The molecule has 0 radical (unpaired) electrons. The molecule has 0 heterocycles. The van der Waals surface area contributed by atoms with Crippen LogP contribution in [0, 0.1) is 0 Å². The van der Waals surface area contributed by atoms with Crippen LogP contribution in [0.4, 0.5) is 9.59 Å². The molecule has 0 atom stereocenters. The van der Waals surface area contributed by atoms with Crippen LogP contribution in [0.1, 0.15) is 12.8 Å². The molecule has 0 bridgehead atoms. The third-order valence-electron chi connectivity index (χ3n) is 1.69. The van der Waals surface area contributed by atoms with Crippen LogP contribution < -0.4 is 22.1 Å². The first-order chi connectivity index (χ1) is 7.91. The van der Waals surface area contributed by atoms with Crippen LogP contribution in [0.2, 0.25) is 0 Å². The van der Waals surface area contributed by atoms with Crippen molar-refractivity contribution in [2.45, 2.75) is 12.8 Å². The van der Waals surface area contributed by atoms with Crippen LogP contribution in [0.25, 0.3) is 0 Å². The molecule has 0 aliphatic rings. The summed E-state index contributed by atoms with van der Waals surface area (Å²) in [6.45, 7) is 7.99. The zero-order valence-corrected chi connectivity index (χ0v) is 9.62. The van der Waals surface area contributed by atoms with Gasteiger partial charge in [-0.15, -0.1) is 0 Å². The van der Waals surface area contributed by atoms with E-state index in [1.807, 2.05) is 0 Å². The summed E-state index contributed by atoms with van der Waals surface area (Å²) in [4.78, 5) is 20.8. The van der Waals surface area contributed by atoms with Crippen molar-refractivity contribution in [1.82, 2.24) is 10.6 Å². The van der Waals surface area contributed by atoms with E-state index >= 15 is 0 Å². The van der Waals surface area contributed by atoms with Gasteiger partial charge in [0.15, 0.2) is 0 Å². The first-order valence-corrected chi connectivity index (χ1v) is 5.02. The van der Waals surface area contributed by atoms with E-state index in [1.54, 1.807) is 0 Å². The summed E-state index contributed by atoms with van der Waals surface area (Å²) in [6, 6.07) is -1.19. The second kappa shape index (κ2) is 8.03. The molecule has 0 fully saturated rings. The van der Waals surface area contributed by atoms with Crippen molar-refractivity contribution in [2.75, 3.05) is 13.1 Å². The molecule has 7 heteroatoms. The zero-order chi connectivity index (χ0) is 13.3. The number of nitrogens with one attached hydrogen (secondary N) is 2. The number of hydrogen-bond acceptors (Lipinski definition) is 3. The summed E-state index contributed by atoms with van der Waals surface area (Å²) in [5.41, 5.74) is 9.77. The monoisotopic (exact) mass is 242 g/mol. The number of rotatable bonds is 8. The molecule has 0 spiro atoms. The molecule has 0 aromatic heterocycles. The smallest absolute Gasteiger partial charge is 0.312 e. The molecule has 0 unspecified atom stereocenters. The van der Waals surface area contributed by atoms with Gasteiger partial charge in [-0.1, -0.05) is 13.2 Å². The van der Waals surface area contributed by atoms with Gasteiger partial charge in [0, 0.05) is 25.9 Å². The van der Waals surface area contributed by atoms with Crippen LogP contribution in [0.15, 0.2) is 24.7 Å². The summed E-state index contributed by atoms with van der Waals surface area (Å²) in [6.07, 6.45) is 0.871. The van der Waals surface area contributed by atoms with Gasteiger partial charge in [0.1, 0.15) is 0 Å². The van der Waals surface area contributed by atoms with Crippen LogP contribution >= 0.6 is 0 Å². The Kier molecular flexibility index (Phi) is 7.00. The van der Waals surface area contributed by atoms with Crippen molar-refractivity contribution in [1.29, 1.82) is 0 Å². The minimum absolute atomic E-state index is 0.348. The minimum Gasteiger partial charge on any atom is -0.467 e. The third-order valence-corrected chi connectivity index (χ3v) is 1.69. The Bertz CT molecular complexity index is 285. The number of nitrogens with two attached hydrogens (primary N) is 2. The summed E-state index contributed by atoms with van der Waals surface area (Å²) in [7, 11) is 0. The molecule has 0 aromatic carbocycles. The average molecular weight is 242 g/mol. The SMILES string of the molecule is C=C(CCNC(N)=O)OC(=C)CCNC(N)=O. The normalized spacial score (nSPS) is 9.18. The van der Waals surface area contributed by atoms with E-state index < -0.39 is 12.1 Å². The third kappa shape index (κ3) is 10.1. The fourth-order valence-corrected chi connectivity index (χ4v) is 0.956. The molecule has 17 heavy (non-hydrogen) atoms. The maximum absolute atomic E-state index is 10.4. The molecule has 0 aliphatic carbocycles. The maximum atomic E-state index is 10.4. The Morgan fingerprint density at radius 1 is 0.941 bits per heavy atom. The van der Waals surface area contributed by atoms with E-state index in [-0.39, 0.29) is 0 Å². The van der Waals surface area contributed by atoms with E-state index in [9.17, 15) is 9.59 Å². The number of amides is 4. The number of carbonyl (C=O) groups is 2. The first-order valence-electron chi connectivity index (χ1n) is 5.02. The Morgan fingerprint density at radius 3 is 1.59 bits per heavy atom. The quantitative estimate of drug-likeness (QED) is 0.453. The van der Waals surface area contributed by atoms with Crippen molar-refractivity contribution >= 4 is 12.1 Å². The lowest BCUT2D eigenvalue weighted by molar-refractivity contribution is 0.246. The van der Waals surface area contributed by atoms with Gasteiger partial charge in [-0.05, 0) is 0 Å². The standard InChI is InChI=1S/C10H18N4O3/c1-7(3-5-13-9(11)15)17-8(2)4-6-14-10(12)16/h1-6H2,(H3,11,13,15)(H3,12,14,16). The first kappa shape index (κ1) is 14.8. The van der Waals surface area contributed by atoms with Crippen molar-refractivity contribution in [2.24, 2.45) is 11.5 Å². The van der Waals surface area contributed by atoms with Crippen molar-refractivity contribution in [3.8, 4) is 0 Å². The highest BCUT2D eigenvalue weighted by atomic mass is 16.5. The molecule has 7 nitrogen and oxygen atoms in total. The van der Waals surface area contributed by atoms with Crippen LogP contribution in [0.5, 0.6) is 0 Å². The van der Waals surface area contributed by atoms with Gasteiger partial charge in [0.2, 0.25) is 0 Å². The van der Waals surface area contributed by atoms with E-state index in [4.69, 9.17) is 16.2 Å². The predicted octanol–water partition coefficient (Wildman–Crippen LogP) is 0.147. The summed E-state index contributed by atoms with van der Waals surface area (Å²) in [5, 5.41) is 4.81. The zero-order valence-electron chi connectivity index (χ0n) is 9.62. The van der Waals surface area contributed by atoms with Gasteiger partial charge in [-0.25, -0.2) is 9.59 Å². The molecule has 0 aliphatic heterocycles. The number of ether oxygens (including phenoxy) is 1. The fourth-order valence-electron chi connectivity index (χ4n) is 0.956. The Morgan fingerprint density at radius 2 is 1.29 bits per heavy atom. The van der Waals surface area contributed by atoms with Crippen LogP contribution in [0.3, 0.4) is 0 Å². The topological polar surface area (TPSA) is 119 Å². The number of hydrogen-bond donors (Lipinski definition) is 4. The van der Waals surface area contributed by atoms with Crippen molar-refractivity contribution < 1.29 is 14.3 Å². The maximum Gasteiger partial charge on any atom is 0.312 e. The predicted molar refractivity (Wildman–Crippen MR) is 63.8 cm³/mol. The lowest BCUT2D eigenvalue weighted by atomic mass is 10.3. The van der Waals surface area contributed by atoms with Crippen molar-refractivity contribution in [3.63, 3.8) is 0 Å². The number of urea groups is 2. The molecule has 0 aromatic rings. The molecule has 0 rings (SSSR count). The van der Waals surface area contributed by atoms with Crippen LogP contribution in [-0.4, -0.2) is 25.2 Å². The lowest BCUT2D eigenvalue weighted by Crippen LogP contribution is -2.30. The van der Waals surface area contributed by atoms with E-state index in [2.05, 4.69) is 23.8 Å². The second-order valence-corrected chi connectivity index (χ2v) is 3.26. The minimum atomic E-state index is -0.595. The summed E-state index contributed by atoms with van der Waals surface area (Å²) < 4.78 is 5.24. The summed E-state index contributed by atoms with van der Waals surface area (Å²) in [5.74, 6) is 0.922. The van der Waals surface area contributed by atoms with Gasteiger partial charge in [0.05, 0.1) is 11.5 Å². The van der Waals surface area contributed by atoms with Gasteiger partial charge in [0.25, 0.3) is 0 Å². The van der Waals surface area contributed by atoms with Crippen molar-refractivity contribution in [3.05, 3.63) is 24.7 Å². The number of primary amides is 2. The molecule has 0 saturated heterocycles. The van der Waals surface area contributed by atoms with Gasteiger partial charge >= 0.3 is 12.1 Å². The molecule has 96 valence electrons. The average Bonchev–Trinajstić information content (AvgIpc) is 2.15. The highest BCUT2D eigenvalue weighted by molar-refractivity contribution is 5.71. The Balaban J connectivity index is 3.62. The van der Waals surface area contributed by atoms with Crippen LogP contribution in [-0.2, 0) is 4.74 Å². The molecule has 6 N–H and O–H groups in total. The highest BCUT2D eigenvalue weighted by Crippen LogP contribution is 2.08. The molecule has 4 amide bonds. The lowest BCUT2D eigenvalue weighted by Gasteiger charge is -2.11. The second-order valence-electron chi connectivity index (χ2n) is 3.26. The van der Waals surface area contributed by atoms with Gasteiger partial charge < -0.3 is 26.8 Å². The fraction of sp³-hybridized carbons (Fsp3) is 0.400. The Hall–Kier alpha value is -2.18. The Labute approximate surface area is 99.9 Å². The van der Waals surface area contributed by atoms with Gasteiger partial charge in [-0.3, -0.25) is 0 Å². The summed E-state index contributed by atoms with van der Waals surface area (Å²) >= 11 is 0. The van der Waals surface area contributed by atoms with E-state index in [0.29, 0.717) is 37.4 Å². The molecular weight excluding hydrogens is 224 g/mol. The largest absolute Gasteiger partial charge is 0.467 e. The molecule has 0 saturated carbocycles. The number of carbonyl (C=O) groups excluding carboxylic acids is 2. The highest BCUT2D eigenvalue weighted by Gasteiger charge is 2.01. The van der Waals surface area contributed by atoms with E-state index in [1.165, 1.54) is 0 Å². The van der Waals surface area contributed by atoms with Gasteiger partial charge in [-0.2, -0.15) is 0 Å². The van der Waals surface area contributed by atoms with E-state index in [0.717, 1.165) is 0 Å². The molecular formula is C10H18N4O3.